The first-order chi connectivity index (χ1) is 12.9. The molecule has 0 bridgehead atoms. The average molecular weight is 376 g/mol. The van der Waals surface area contributed by atoms with Crippen molar-refractivity contribution < 1.29 is 18.4 Å². The van der Waals surface area contributed by atoms with Crippen LogP contribution in [0.3, 0.4) is 0 Å². The minimum atomic E-state index is -2.83. The minimum absolute atomic E-state index is 0.122. The maximum Gasteiger partial charge on any atom is 0.282 e. The number of halogens is 2. The lowest BCUT2D eigenvalue weighted by Gasteiger charge is -2.10. The summed E-state index contributed by atoms with van der Waals surface area (Å²) < 4.78 is 27.8. The number of amides is 2. The first-order valence-corrected chi connectivity index (χ1v) is 8.90. The summed E-state index contributed by atoms with van der Waals surface area (Å²) in [4.78, 5) is 24.5. The van der Waals surface area contributed by atoms with E-state index in [2.05, 4.69) is 15.7 Å². The molecule has 0 aliphatic carbocycles. The molecule has 6 nitrogen and oxygen atoms in total. The van der Waals surface area contributed by atoms with Crippen molar-refractivity contribution in [2.75, 3.05) is 11.9 Å². The van der Waals surface area contributed by atoms with E-state index in [1.807, 2.05) is 38.1 Å². The Morgan fingerprint density at radius 3 is 2.78 bits per heavy atom. The van der Waals surface area contributed by atoms with Gasteiger partial charge in [0.05, 0.1) is 11.5 Å². The maximum atomic E-state index is 13.2. The number of fused-ring (bicyclic) bond motifs is 1. The van der Waals surface area contributed by atoms with Crippen LogP contribution >= 0.6 is 0 Å². The van der Waals surface area contributed by atoms with E-state index in [1.165, 1.54) is 10.9 Å². The Kier molecular flexibility index (Phi) is 5.53. The molecule has 1 aliphatic heterocycles. The molecule has 0 fully saturated rings. The number of aromatic nitrogens is 2. The van der Waals surface area contributed by atoms with Gasteiger partial charge in [0.2, 0.25) is 5.91 Å². The van der Waals surface area contributed by atoms with Gasteiger partial charge >= 0.3 is 0 Å². The van der Waals surface area contributed by atoms with Gasteiger partial charge in [-0.25, -0.2) is 8.78 Å². The third-order valence-electron chi connectivity index (χ3n) is 4.42. The number of carbonyl (C=O) groups is 2. The van der Waals surface area contributed by atoms with Crippen molar-refractivity contribution in [3.05, 3.63) is 47.3 Å². The summed E-state index contributed by atoms with van der Waals surface area (Å²) in [5.41, 5.74) is 1.02. The summed E-state index contributed by atoms with van der Waals surface area (Å²) in [5, 5.41) is 9.27. The molecule has 1 unspecified atom stereocenters. The molecular formula is C19H22F2N4O2. The summed E-state index contributed by atoms with van der Waals surface area (Å²) >= 11 is 0. The number of hydrogen-bond donors (Lipinski definition) is 2. The highest BCUT2D eigenvalue weighted by atomic mass is 19.3. The van der Waals surface area contributed by atoms with Crippen LogP contribution in [-0.4, -0.2) is 28.1 Å². The molecule has 0 saturated carbocycles. The summed E-state index contributed by atoms with van der Waals surface area (Å²) in [6.45, 7) is 4.53. The van der Waals surface area contributed by atoms with Crippen LogP contribution in [0.1, 0.15) is 54.2 Å². The van der Waals surface area contributed by atoms with Crippen LogP contribution in [0.4, 0.5) is 14.5 Å². The molecule has 2 N–H and O–H groups in total. The van der Waals surface area contributed by atoms with Crippen LogP contribution in [-0.2, 0) is 11.3 Å². The van der Waals surface area contributed by atoms with Crippen LogP contribution in [0.15, 0.2) is 30.5 Å². The molecule has 27 heavy (non-hydrogen) atoms. The van der Waals surface area contributed by atoms with E-state index in [0.717, 1.165) is 11.3 Å². The van der Waals surface area contributed by atoms with Gasteiger partial charge in [-0.3, -0.25) is 14.3 Å². The first-order valence-electron chi connectivity index (χ1n) is 8.90. The number of rotatable bonds is 7. The summed E-state index contributed by atoms with van der Waals surface area (Å²) in [6.07, 6.45) is -1.08. The second-order valence-corrected chi connectivity index (χ2v) is 7.02. The fraction of sp³-hybridized carbons (Fsp3) is 0.421. The number of anilines is 1. The average Bonchev–Trinajstić information content (AvgIpc) is 3.16. The van der Waals surface area contributed by atoms with Crippen molar-refractivity contribution in [3.8, 4) is 0 Å². The molecule has 2 heterocycles. The Labute approximate surface area is 155 Å². The van der Waals surface area contributed by atoms with Crippen LogP contribution in [0.25, 0.3) is 0 Å². The second kappa shape index (κ2) is 7.85. The molecule has 144 valence electrons. The molecular weight excluding hydrogens is 354 g/mol. The molecule has 0 spiro atoms. The fourth-order valence-corrected chi connectivity index (χ4v) is 3.23. The van der Waals surface area contributed by atoms with E-state index >= 15 is 0 Å². The molecule has 1 aliphatic rings. The minimum Gasteiger partial charge on any atom is -0.352 e. The molecule has 1 aromatic carbocycles. The lowest BCUT2D eigenvalue weighted by molar-refractivity contribution is -0.117. The van der Waals surface area contributed by atoms with Crippen molar-refractivity contribution in [2.24, 2.45) is 5.92 Å². The van der Waals surface area contributed by atoms with Gasteiger partial charge < -0.3 is 10.6 Å². The van der Waals surface area contributed by atoms with Crippen molar-refractivity contribution in [2.45, 2.75) is 39.2 Å². The van der Waals surface area contributed by atoms with E-state index in [-0.39, 0.29) is 29.9 Å². The van der Waals surface area contributed by atoms with Gasteiger partial charge in [0, 0.05) is 25.0 Å². The summed E-state index contributed by atoms with van der Waals surface area (Å²) in [5.74, 6) is -0.873. The number of benzene rings is 1. The molecule has 1 aromatic heterocycles. The second-order valence-electron chi connectivity index (χ2n) is 7.02. The summed E-state index contributed by atoms with van der Waals surface area (Å²) in [7, 11) is 0. The lowest BCUT2D eigenvalue weighted by atomic mass is 9.97. The van der Waals surface area contributed by atoms with Crippen molar-refractivity contribution in [1.82, 2.24) is 15.1 Å². The number of nitrogens with zero attached hydrogens (tertiary/aromatic N) is 2. The van der Waals surface area contributed by atoms with Crippen LogP contribution in [0.5, 0.6) is 0 Å². The normalized spacial score (nSPS) is 15.9. The van der Waals surface area contributed by atoms with Gasteiger partial charge in [-0.05, 0) is 24.0 Å². The molecule has 8 heteroatoms. The van der Waals surface area contributed by atoms with Crippen molar-refractivity contribution in [3.63, 3.8) is 0 Å². The van der Waals surface area contributed by atoms with E-state index in [9.17, 15) is 18.4 Å². The predicted octanol–water partition coefficient (Wildman–Crippen LogP) is 3.33. The molecule has 0 radical (unpaired) electrons. The number of hydrogen-bond acceptors (Lipinski definition) is 3. The number of carbonyl (C=O) groups excluding carboxylic acids is 2. The van der Waals surface area contributed by atoms with E-state index < -0.39 is 18.0 Å². The smallest absolute Gasteiger partial charge is 0.282 e. The largest absolute Gasteiger partial charge is 0.352 e. The third kappa shape index (κ3) is 4.15. The Hall–Kier alpha value is -2.77. The van der Waals surface area contributed by atoms with E-state index in [1.54, 1.807) is 0 Å². The first kappa shape index (κ1) is 19.0. The van der Waals surface area contributed by atoms with E-state index in [4.69, 9.17) is 0 Å². The standard InChI is InChI=1S/C19H22F2N4O2/c1-11(2)9-25-10-14(16(24-25)17(20)21)18(26)22-8-7-13-12-5-3-4-6-15(12)23-19(13)27/h3-6,10-11,13,17H,7-9H2,1-2H3,(H,22,26)(H,23,27). The quantitative estimate of drug-likeness (QED) is 0.778. The van der Waals surface area contributed by atoms with Gasteiger partial charge in [0.1, 0.15) is 5.69 Å². The van der Waals surface area contributed by atoms with Gasteiger partial charge in [0.15, 0.2) is 0 Å². The zero-order valence-electron chi connectivity index (χ0n) is 15.2. The zero-order valence-corrected chi connectivity index (χ0v) is 15.2. The van der Waals surface area contributed by atoms with Crippen LogP contribution < -0.4 is 10.6 Å². The monoisotopic (exact) mass is 376 g/mol. The topological polar surface area (TPSA) is 76.0 Å². The Morgan fingerprint density at radius 1 is 1.33 bits per heavy atom. The van der Waals surface area contributed by atoms with Gasteiger partial charge in [-0.15, -0.1) is 0 Å². The highest BCUT2D eigenvalue weighted by molar-refractivity contribution is 6.02. The number of para-hydroxylation sites is 1. The molecule has 2 aromatic rings. The Bertz CT molecular complexity index is 848. The van der Waals surface area contributed by atoms with Gasteiger partial charge in [-0.1, -0.05) is 32.0 Å². The van der Waals surface area contributed by atoms with Crippen LogP contribution in [0, 0.1) is 5.92 Å². The highest BCUT2D eigenvalue weighted by Gasteiger charge is 2.30. The van der Waals surface area contributed by atoms with Gasteiger partial charge in [-0.2, -0.15) is 5.10 Å². The molecule has 3 rings (SSSR count). The number of alkyl halides is 2. The lowest BCUT2D eigenvalue weighted by Crippen LogP contribution is -2.27. The Morgan fingerprint density at radius 2 is 2.07 bits per heavy atom. The molecule has 0 saturated heterocycles. The molecule has 2 amide bonds. The SMILES string of the molecule is CC(C)Cn1cc(C(=O)NCCC2C(=O)Nc3ccccc32)c(C(F)F)n1. The summed E-state index contributed by atoms with van der Waals surface area (Å²) in [6, 6.07) is 7.38. The predicted molar refractivity (Wildman–Crippen MR) is 96.8 cm³/mol. The Balaban J connectivity index is 1.64. The highest BCUT2D eigenvalue weighted by Crippen LogP contribution is 2.34. The number of nitrogens with one attached hydrogen (secondary N) is 2. The van der Waals surface area contributed by atoms with E-state index in [0.29, 0.717) is 13.0 Å². The molecule has 1 atom stereocenters. The van der Waals surface area contributed by atoms with Crippen LogP contribution in [0.2, 0.25) is 0 Å². The van der Waals surface area contributed by atoms with Gasteiger partial charge in [0.25, 0.3) is 12.3 Å². The zero-order chi connectivity index (χ0) is 19.6. The van der Waals surface area contributed by atoms with Crippen molar-refractivity contribution >= 4 is 17.5 Å². The van der Waals surface area contributed by atoms with Crippen molar-refractivity contribution in [1.29, 1.82) is 0 Å². The third-order valence-corrected chi connectivity index (χ3v) is 4.42. The fourth-order valence-electron chi connectivity index (χ4n) is 3.23. The maximum absolute atomic E-state index is 13.2.